The van der Waals surface area contributed by atoms with Crippen LogP contribution < -0.4 is 4.74 Å². The van der Waals surface area contributed by atoms with E-state index in [0.29, 0.717) is 53.1 Å². The highest BCUT2D eigenvalue weighted by Crippen LogP contribution is 2.35. The summed E-state index contributed by atoms with van der Waals surface area (Å²) in [6, 6.07) is 15.1. The molecule has 0 bridgehead atoms. The Bertz CT molecular complexity index is 1080. The Morgan fingerprint density at radius 1 is 1.21 bits per heavy atom. The molecule has 0 radical (unpaired) electrons. The van der Waals surface area contributed by atoms with Crippen molar-refractivity contribution >= 4 is 56.4 Å². The first-order valence-corrected chi connectivity index (χ1v) is 12.3. The maximum absolute atomic E-state index is 12.9. The zero-order valence-electron chi connectivity index (χ0n) is 18.2. The van der Waals surface area contributed by atoms with E-state index < -0.39 is 0 Å². The summed E-state index contributed by atoms with van der Waals surface area (Å²) in [6.45, 7) is 4.74. The summed E-state index contributed by atoms with van der Waals surface area (Å²) in [4.78, 5) is 33.8. The number of carbonyl (C=O) groups is 2. The molecule has 0 aromatic heterocycles. The van der Waals surface area contributed by atoms with Gasteiger partial charge in [0.2, 0.25) is 0 Å². The van der Waals surface area contributed by atoms with Crippen molar-refractivity contribution in [3.8, 4) is 5.75 Å². The topological polar surface area (TPSA) is 71.4 Å². The maximum atomic E-state index is 12.9. The van der Waals surface area contributed by atoms with Gasteiger partial charge in [0, 0.05) is 19.6 Å². The quantitative estimate of drug-likeness (QED) is 0.521. The van der Waals surface area contributed by atoms with Gasteiger partial charge in [-0.1, -0.05) is 24.3 Å². The van der Waals surface area contributed by atoms with Gasteiger partial charge in [0.15, 0.2) is 11.8 Å². The van der Waals surface area contributed by atoms with Crippen LogP contribution in [0.1, 0.15) is 12.5 Å². The van der Waals surface area contributed by atoms with E-state index in [-0.39, 0.29) is 18.4 Å². The molecule has 0 N–H and O–H groups in total. The van der Waals surface area contributed by atoms with Gasteiger partial charge < -0.3 is 14.4 Å². The average molecular weight is 530 g/mol. The first kappa shape index (κ1) is 23.5. The maximum Gasteiger partial charge on any atom is 0.266 e. The first-order valence-electron chi connectivity index (χ1n) is 10.7. The van der Waals surface area contributed by atoms with Gasteiger partial charge in [-0.25, -0.2) is 4.99 Å². The molecule has 7 nitrogen and oxygen atoms in total. The largest absolute Gasteiger partial charge is 0.483 e. The SMILES string of the molecule is CCN1C(=O)/C(=C/c2ccc(OCC(=O)N3CCOCC3)c(Br)c2)SC1=Nc1ccccc1. The predicted octanol–water partition coefficient (Wildman–Crippen LogP) is 4.31. The van der Waals surface area contributed by atoms with Crippen molar-refractivity contribution in [3.63, 3.8) is 0 Å². The van der Waals surface area contributed by atoms with Gasteiger partial charge in [0.05, 0.1) is 28.3 Å². The molecule has 0 atom stereocenters. The van der Waals surface area contributed by atoms with Gasteiger partial charge in [0.1, 0.15) is 5.75 Å². The van der Waals surface area contributed by atoms with E-state index >= 15 is 0 Å². The van der Waals surface area contributed by atoms with Crippen LogP contribution in [0.25, 0.3) is 6.08 Å². The lowest BCUT2D eigenvalue weighted by atomic mass is 10.2. The van der Waals surface area contributed by atoms with Crippen LogP contribution in [0.3, 0.4) is 0 Å². The van der Waals surface area contributed by atoms with Gasteiger partial charge in [-0.3, -0.25) is 14.5 Å². The van der Waals surface area contributed by atoms with Crippen molar-refractivity contribution in [2.24, 2.45) is 4.99 Å². The molecule has 2 heterocycles. The van der Waals surface area contributed by atoms with Crippen molar-refractivity contribution in [2.45, 2.75) is 6.92 Å². The zero-order chi connectivity index (χ0) is 23.2. The highest BCUT2D eigenvalue weighted by atomic mass is 79.9. The lowest BCUT2D eigenvalue weighted by Gasteiger charge is -2.26. The minimum Gasteiger partial charge on any atom is -0.483 e. The smallest absolute Gasteiger partial charge is 0.266 e. The monoisotopic (exact) mass is 529 g/mol. The van der Waals surface area contributed by atoms with E-state index in [1.165, 1.54) is 11.8 Å². The summed E-state index contributed by atoms with van der Waals surface area (Å²) in [7, 11) is 0. The third-order valence-electron chi connectivity index (χ3n) is 5.15. The minimum absolute atomic E-state index is 0.0296. The number of para-hydroxylation sites is 1. The van der Waals surface area contributed by atoms with Gasteiger partial charge in [-0.05, 0) is 70.5 Å². The van der Waals surface area contributed by atoms with Crippen LogP contribution in [0.4, 0.5) is 5.69 Å². The van der Waals surface area contributed by atoms with Gasteiger partial charge in [-0.15, -0.1) is 0 Å². The number of likely N-dealkylation sites (N-methyl/N-ethyl adjacent to an activating group) is 1. The Morgan fingerprint density at radius 2 is 1.97 bits per heavy atom. The number of amides is 2. The van der Waals surface area contributed by atoms with Crippen LogP contribution in [0, 0.1) is 0 Å². The van der Waals surface area contributed by atoms with E-state index in [1.807, 2.05) is 55.5 Å². The zero-order valence-corrected chi connectivity index (χ0v) is 20.6. The summed E-state index contributed by atoms with van der Waals surface area (Å²) in [6.07, 6.45) is 1.84. The Morgan fingerprint density at radius 3 is 2.67 bits per heavy atom. The molecule has 2 aliphatic heterocycles. The molecule has 0 saturated carbocycles. The number of benzene rings is 2. The molecule has 33 heavy (non-hydrogen) atoms. The number of morpholine rings is 1. The number of carbonyl (C=O) groups excluding carboxylic acids is 2. The fourth-order valence-corrected chi connectivity index (χ4v) is 4.98. The predicted molar refractivity (Wildman–Crippen MR) is 134 cm³/mol. The lowest BCUT2D eigenvalue weighted by Crippen LogP contribution is -2.43. The van der Waals surface area contributed by atoms with E-state index in [0.717, 1.165) is 11.3 Å². The third kappa shape index (κ3) is 5.85. The van der Waals surface area contributed by atoms with Gasteiger partial charge in [0.25, 0.3) is 11.8 Å². The van der Waals surface area contributed by atoms with Crippen LogP contribution in [0.15, 0.2) is 62.9 Å². The normalized spacial score (nSPS) is 18.9. The fourth-order valence-electron chi connectivity index (χ4n) is 3.40. The molecule has 0 aliphatic carbocycles. The Hall–Kier alpha value is -2.62. The van der Waals surface area contributed by atoms with E-state index in [4.69, 9.17) is 9.47 Å². The molecular formula is C24H24BrN3O4S. The molecule has 0 spiro atoms. The number of nitrogens with zero attached hydrogens (tertiary/aromatic N) is 3. The molecule has 9 heteroatoms. The molecule has 2 aromatic carbocycles. The Balaban J connectivity index is 1.45. The summed E-state index contributed by atoms with van der Waals surface area (Å²) >= 11 is 4.88. The molecule has 2 aromatic rings. The molecule has 172 valence electrons. The van der Waals surface area contributed by atoms with Gasteiger partial charge >= 0.3 is 0 Å². The minimum atomic E-state index is -0.0651. The number of aliphatic imine (C=N–C) groups is 1. The van der Waals surface area contributed by atoms with Crippen molar-refractivity contribution in [3.05, 3.63) is 63.5 Å². The highest BCUT2D eigenvalue weighted by Gasteiger charge is 2.32. The molecule has 2 fully saturated rings. The molecule has 4 rings (SSSR count). The van der Waals surface area contributed by atoms with Gasteiger partial charge in [-0.2, -0.15) is 0 Å². The van der Waals surface area contributed by atoms with Crippen LogP contribution in [0.5, 0.6) is 5.75 Å². The number of ether oxygens (including phenoxy) is 2. The van der Waals surface area contributed by atoms with Crippen LogP contribution in [0.2, 0.25) is 0 Å². The van der Waals surface area contributed by atoms with Crippen LogP contribution in [-0.2, 0) is 14.3 Å². The lowest BCUT2D eigenvalue weighted by molar-refractivity contribution is -0.137. The molecule has 2 saturated heterocycles. The molecular weight excluding hydrogens is 506 g/mol. The number of hydrogen-bond acceptors (Lipinski definition) is 6. The summed E-state index contributed by atoms with van der Waals surface area (Å²) in [5.74, 6) is 0.449. The summed E-state index contributed by atoms with van der Waals surface area (Å²) in [5, 5.41) is 0.667. The van der Waals surface area contributed by atoms with E-state index in [9.17, 15) is 9.59 Å². The van der Waals surface area contributed by atoms with Crippen molar-refractivity contribution in [1.29, 1.82) is 0 Å². The van der Waals surface area contributed by atoms with E-state index in [2.05, 4.69) is 20.9 Å². The van der Waals surface area contributed by atoms with E-state index in [1.54, 1.807) is 15.9 Å². The van der Waals surface area contributed by atoms with Crippen LogP contribution in [-0.4, -0.2) is 66.2 Å². The summed E-state index contributed by atoms with van der Waals surface area (Å²) in [5.41, 5.74) is 1.66. The molecule has 2 aliphatic rings. The number of hydrogen-bond donors (Lipinski definition) is 0. The van der Waals surface area contributed by atoms with Crippen LogP contribution >= 0.6 is 27.7 Å². The second-order valence-electron chi connectivity index (χ2n) is 7.36. The number of halogens is 1. The Kier molecular flexibility index (Phi) is 7.85. The number of amidine groups is 1. The number of rotatable bonds is 6. The van der Waals surface area contributed by atoms with Crippen molar-refractivity contribution in [2.75, 3.05) is 39.5 Å². The highest BCUT2D eigenvalue weighted by molar-refractivity contribution is 9.10. The molecule has 0 unspecified atom stereocenters. The second-order valence-corrected chi connectivity index (χ2v) is 9.23. The number of thioether (sulfide) groups is 1. The first-order chi connectivity index (χ1) is 16.0. The average Bonchev–Trinajstić information content (AvgIpc) is 3.13. The van der Waals surface area contributed by atoms with Crippen molar-refractivity contribution < 1.29 is 19.1 Å². The van der Waals surface area contributed by atoms with Crippen molar-refractivity contribution in [1.82, 2.24) is 9.80 Å². The third-order valence-corrected chi connectivity index (χ3v) is 6.78. The Labute approximate surface area is 205 Å². The fraction of sp³-hybridized carbons (Fsp3) is 0.292. The second kappa shape index (κ2) is 11.0. The summed E-state index contributed by atoms with van der Waals surface area (Å²) < 4.78 is 11.7. The standard InChI is InChI=1S/C24H24BrN3O4S/c1-2-28-23(30)21(33-24(28)26-18-6-4-3-5-7-18)15-17-8-9-20(19(25)14-17)32-16-22(29)27-10-12-31-13-11-27/h3-9,14-15H,2,10-13,16H2,1H3/b21-15-,26-24?. The molecule has 2 amide bonds.